The number of carbonyl (C=O) groups excluding carboxylic acids is 1. The van der Waals surface area contributed by atoms with E-state index < -0.39 is 12.8 Å². The van der Waals surface area contributed by atoms with Gasteiger partial charge in [-0.15, -0.1) is 0 Å². The summed E-state index contributed by atoms with van der Waals surface area (Å²) in [4.78, 5) is 12.4. The van der Waals surface area contributed by atoms with Crippen molar-refractivity contribution < 1.29 is 32.2 Å². The molecule has 150 valence electrons. The number of hydrogen-bond donors (Lipinski definition) is 1. The lowest BCUT2D eigenvalue weighted by Crippen LogP contribution is -2.23. The zero-order chi connectivity index (χ0) is 20.1. The topological polar surface area (TPSA) is 56.8 Å². The van der Waals surface area contributed by atoms with Crippen molar-refractivity contribution in [1.29, 1.82) is 0 Å². The first-order valence-electron chi connectivity index (χ1n) is 8.41. The molecule has 0 spiro atoms. The molecule has 0 unspecified atom stereocenters. The van der Waals surface area contributed by atoms with Crippen LogP contribution in [0.25, 0.3) is 0 Å². The molecule has 1 heterocycles. The number of fused-ring (bicyclic) bond motifs is 1. The van der Waals surface area contributed by atoms with Crippen LogP contribution in [0.4, 0.5) is 13.2 Å². The lowest BCUT2D eigenvalue weighted by atomic mass is 10.1. The Balaban J connectivity index is 1.54. The van der Waals surface area contributed by atoms with Gasteiger partial charge < -0.3 is 19.5 Å². The standard InChI is InChI=1S/C19H17ClF3NO4/c20-15-7-14(8-16-17(15)28-6-5-27-16)18(25)24-9-12-1-3-13(4-2-12)10-26-11-19(21,22)23/h1-4,7-8H,5-6,9-11H2,(H,24,25). The fourth-order valence-electron chi connectivity index (χ4n) is 2.56. The second-order valence-corrected chi connectivity index (χ2v) is 6.50. The van der Waals surface area contributed by atoms with Crippen LogP contribution < -0.4 is 14.8 Å². The molecule has 0 saturated carbocycles. The maximum Gasteiger partial charge on any atom is 0.411 e. The van der Waals surface area contributed by atoms with E-state index in [4.69, 9.17) is 21.1 Å². The van der Waals surface area contributed by atoms with Crippen LogP contribution in [0.3, 0.4) is 0 Å². The molecule has 2 aromatic rings. The number of alkyl halides is 3. The summed E-state index contributed by atoms with van der Waals surface area (Å²) in [6, 6.07) is 9.80. The quantitative estimate of drug-likeness (QED) is 0.771. The molecule has 28 heavy (non-hydrogen) atoms. The summed E-state index contributed by atoms with van der Waals surface area (Å²) in [5, 5.41) is 3.05. The predicted octanol–water partition coefficient (Wildman–Crippen LogP) is 4.12. The zero-order valence-electron chi connectivity index (χ0n) is 14.6. The predicted molar refractivity (Wildman–Crippen MR) is 95.8 cm³/mol. The van der Waals surface area contributed by atoms with Gasteiger partial charge in [-0.1, -0.05) is 35.9 Å². The molecule has 1 aliphatic heterocycles. The number of hydrogen-bond acceptors (Lipinski definition) is 4. The van der Waals surface area contributed by atoms with Crippen molar-refractivity contribution in [3.8, 4) is 11.5 Å². The number of ether oxygens (including phenoxy) is 3. The number of halogens is 4. The summed E-state index contributed by atoms with van der Waals surface area (Å²) in [5.74, 6) is 0.511. The van der Waals surface area contributed by atoms with E-state index >= 15 is 0 Å². The minimum atomic E-state index is -4.35. The summed E-state index contributed by atoms with van der Waals surface area (Å²) in [6.07, 6.45) is -4.35. The second-order valence-electron chi connectivity index (χ2n) is 6.09. The van der Waals surface area contributed by atoms with Crippen molar-refractivity contribution in [3.63, 3.8) is 0 Å². The van der Waals surface area contributed by atoms with E-state index in [0.29, 0.717) is 40.9 Å². The molecule has 3 rings (SSSR count). The van der Waals surface area contributed by atoms with Gasteiger partial charge in [0.15, 0.2) is 11.5 Å². The highest BCUT2D eigenvalue weighted by molar-refractivity contribution is 6.32. The number of nitrogens with one attached hydrogen (secondary N) is 1. The van der Waals surface area contributed by atoms with Gasteiger partial charge in [0.05, 0.1) is 11.6 Å². The first-order valence-corrected chi connectivity index (χ1v) is 8.79. The average Bonchev–Trinajstić information content (AvgIpc) is 2.66. The zero-order valence-corrected chi connectivity index (χ0v) is 15.4. The van der Waals surface area contributed by atoms with Crippen LogP contribution in [-0.4, -0.2) is 31.9 Å². The largest absolute Gasteiger partial charge is 0.486 e. The van der Waals surface area contributed by atoms with Crippen molar-refractivity contribution in [1.82, 2.24) is 5.32 Å². The molecule has 0 fully saturated rings. The van der Waals surface area contributed by atoms with Crippen LogP contribution in [-0.2, 0) is 17.9 Å². The Labute approximate surface area is 164 Å². The summed E-state index contributed by atoms with van der Waals surface area (Å²) in [5.41, 5.74) is 1.74. The van der Waals surface area contributed by atoms with E-state index in [-0.39, 0.29) is 19.1 Å². The highest BCUT2D eigenvalue weighted by Crippen LogP contribution is 2.38. The number of carbonyl (C=O) groups is 1. The Morgan fingerprint density at radius 1 is 1.11 bits per heavy atom. The normalized spacial score (nSPS) is 13.3. The van der Waals surface area contributed by atoms with Gasteiger partial charge in [-0.05, 0) is 23.3 Å². The van der Waals surface area contributed by atoms with Gasteiger partial charge in [-0.3, -0.25) is 4.79 Å². The van der Waals surface area contributed by atoms with E-state index in [1.54, 1.807) is 30.3 Å². The summed E-state index contributed by atoms with van der Waals surface area (Å²) < 4.78 is 51.7. The third kappa shape index (κ3) is 5.53. The SMILES string of the molecule is O=C(NCc1ccc(COCC(F)(F)F)cc1)c1cc(Cl)c2c(c1)OCCO2. The molecule has 0 aliphatic carbocycles. The van der Waals surface area contributed by atoms with Crippen molar-refractivity contribution in [2.24, 2.45) is 0 Å². The van der Waals surface area contributed by atoms with Gasteiger partial charge in [0.1, 0.15) is 19.8 Å². The molecule has 5 nitrogen and oxygen atoms in total. The van der Waals surface area contributed by atoms with Gasteiger partial charge in [0.2, 0.25) is 0 Å². The lowest BCUT2D eigenvalue weighted by molar-refractivity contribution is -0.176. The third-order valence-corrected chi connectivity index (χ3v) is 4.15. The number of benzene rings is 2. The van der Waals surface area contributed by atoms with Crippen molar-refractivity contribution in [3.05, 3.63) is 58.1 Å². The third-order valence-electron chi connectivity index (χ3n) is 3.87. The van der Waals surface area contributed by atoms with Crippen LogP contribution in [0.1, 0.15) is 21.5 Å². The maximum atomic E-state index is 12.4. The van der Waals surface area contributed by atoms with Gasteiger partial charge in [-0.2, -0.15) is 13.2 Å². The van der Waals surface area contributed by atoms with Gasteiger partial charge in [-0.25, -0.2) is 0 Å². The smallest absolute Gasteiger partial charge is 0.411 e. The van der Waals surface area contributed by atoms with E-state index in [0.717, 1.165) is 5.56 Å². The summed E-state index contributed by atoms with van der Waals surface area (Å²) >= 11 is 6.13. The Kier molecular flexibility index (Phi) is 6.31. The number of rotatable bonds is 6. The van der Waals surface area contributed by atoms with E-state index in [1.165, 1.54) is 6.07 Å². The molecule has 0 bridgehead atoms. The number of amides is 1. The van der Waals surface area contributed by atoms with Crippen LogP contribution in [0, 0.1) is 0 Å². The molecule has 1 amide bonds. The van der Waals surface area contributed by atoms with Crippen LogP contribution in [0.2, 0.25) is 5.02 Å². The molecule has 0 aromatic heterocycles. The van der Waals surface area contributed by atoms with Gasteiger partial charge in [0.25, 0.3) is 5.91 Å². The molecule has 0 radical (unpaired) electrons. The Morgan fingerprint density at radius 3 is 2.50 bits per heavy atom. The summed E-state index contributed by atoms with van der Waals surface area (Å²) in [7, 11) is 0. The molecule has 0 atom stereocenters. The average molecular weight is 416 g/mol. The van der Waals surface area contributed by atoms with Crippen LogP contribution in [0.15, 0.2) is 36.4 Å². The minimum Gasteiger partial charge on any atom is -0.486 e. The Morgan fingerprint density at radius 2 is 1.79 bits per heavy atom. The van der Waals surface area contributed by atoms with Crippen molar-refractivity contribution in [2.45, 2.75) is 19.3 Å². The Hall–Kier alpha value is -2.45. The molecule has 1 aliphatic rings. The monoisotopic (exact) mass is 415 g/mol. The van der Waals surface area contributed by atoms with Crippen molar-refractivity contribution >= 4 is 17.5 Å². The lowest BCUT2D eigenvalue weighted by Gasteiger charge is -2.20. The Bertz CT molecular complexity index is 840. The van der Waals surface area contributed by atoms with E-state index in [1.807, 2.05) is 0 Å². The molecule has 2 aromatic carbocycles. The fourth-order valence-corrected chi connectivity index (χ4v) is 2.83. The first kappa shape index (κ1) is 20.3. The van der Waals surface area contributed by atoms with Crippen LogP contribution in [0.5, 0.6) is 11.5 Å². The van der Waals surface area contributed by atoms with Crippen LogP contribution >= 0.6 is 11.6 Å². The highest BCUT2D eigenvalue weighted by atomic mass is 35.5. The van der Waals surface area contributed by atoms with Gasteiger partial charge >= 0.3 is 6.18 Å². The maximum absolute atomic E-state index is 12.4. The fraction of sp³-hybridized carbons (Fsp3) is 0.316. The van der Waals surface area contributed by atoms with Gasteiger partial charge in [0, 0.05) is 12.1 Å². The minimum absolute atomic E-state index is 0.137. The van der Waals surface area contributed by atoms with E-state index in [2.05, 4.69) is 10.1 Å². The first-order chi connectivity index (χ1) is 13.3. The molecule has 9 heteroatoms. The molecule has 1 N–H and O–H groups in total. The molecule has 0 saturated heterocycles. The molecular formula is C19H17ClF3NO4. The highest BCUT2D eigenvalue weighted by Gasteiger charge is 2.27. The van der Waals surface area contributed by atoms with Crippen molar-refractivity contribution in [2.75, 3.05) is 19.8 Å². The van der Waals surface area contributed by atoms with E-state index in [9.17, 15) is 18.0 Å². The second kappa shape index (κ2) is 8.70. The molecular weight excluding hydrogens is 399 g/mol. The summed E-state index contributed by atoms with van der Waals surface area (Å²) in [6.45, 7) is -0.401.